The van der Waals surface area contributed by atoms with E-state index in [1.54, 1.807) is 25.1 Å². The Morgan fingerprint density at radius 2 is 1.91 bits per heavy atom. The molecule has 23 heavy (non-hydrogen) atoms. The molecule has 0 radical (unpaired) electrons. The molecule has 1 atom stereocenters. The van der Waals surface area contributed by atoms with Gasteiger partial charge in [-0.25, -0.2) is 4.68 Å². The first-order valence-corrected chi connectivity index (χ1v) is 7.81. The van der Waals surface area contributed by atoms with E-state index in [0.717, 1.165) is 10.5 Å². The lowest BCUT2D eigenvalue weighted by Gasteiger charge is -2.19. The van der Waals surface area contributed by atoms with Gasteiger partial charge in [0.1, 0.15) is 5.52 Å². The third kappa shape index (κ3) is 3.07. The van der Waals surface area contributed by atoms with Crippen LogP contribution in [0.3, 0.4) is 0 Å². The van der Waals surface area contributed by atoms with Crippen LogP contribution in [0, 0.1) is 0 Å². The Morgan fingerprint density at radius 1 is 1.17 bits per heavy atom. The van der Waals surface area contributed by atoms with E-state index in [9.17, 15) is 13.2 Å². The van der Waals surface area contributed by atoms with Crippen molar-refractivity contribution >= 4 is 38.6 Å². The van der Waals surface area contributed by atoms with Crippen LogP contribution in [0.4, 0.5) is 13.2 Å². The van der Waals surface area contributed by atoms with Crippen molar-refractivity contribution in [1.82, 2.24) is 15.0 Å². The van der Waals surface area contributed by atoms with Gasteiger partial charge < -0.3 is 0 Å². The first-order chi connectivity index (χ1) is 10.8. The van der Waals surface area contributed by atoms with Crippen molar-refractivity contribution in [3.8, 4) is 0 Å². The van der Waals surface area contributed by atoms with E-state index in [0.29, 0.717) is 11.0 Å². The van der Waals surface area contributed by atoms with Crippen LogP contribution in [-0.4, -0.2) is 15.0 Å². The highest BCUT2D eigenvalue weighted by molar-refractivity contribution is 9.10. The zero-order valence-electron chi connectivity index (χ0n) is 11.8. The molecular formula is C15H10BrClF3N3. The summed E-state index contributed by atoms with van der Waals surface area (Å²) in [5.41, 5.74) is 0.586. The Labute approximate surface area is 143 Å². The van der Waals surface area contributed by atoms with Gasteiger partial charge in [0.25, 0.3) is 0 Å². The first-order valence-electron chi connectivity index (χ1n) is 6.64. The van der Waals surface area contributed by atoms with Gasteiger partial charge in [0.2, 0.25) is 0 Å². The van der Waals surface area contributed by atoms with Gasteiger partial charge in [0, 0.05) is 9.50 Å². The van der Waals surface area contributed by atoms with E-state index >= 15 is 0 Å². The zero-order chi connectivity index (χ0) is 16.8. The number of alkyl halides is 3. The third-order valence-electron chi connectivity index (χ3n) is 3.57. The second-order valence-corrected chi connectivity index (χ2v) is 6.42. The standard InChI is InChI=1S/C15H10BrClF3N3/c1-8(11-4-3-10(17)7-12(11)15(18,19)20)23-14-6-9(16)2-5-13(14)21-22-23/h2-8H,1H3/t8-/m1/s1. The molecule has 8 heteroatoms. The van der Waals surface area contributed by atoms with Crippen LogP contribution in [0.15, 0.2) is 40.9 Å². The maximum atomic E-state index is 13.3. The van der Waals surface area contributed by atoms with Crippen LogP contribution in [0.25, 0.3) is 11.0 Å². The summed E-state index contributed by atoms with van der Waals surface area (Å²) in [6.45, 7) is 1.65. The molecule has 0 N–H and O–H groups in total. The van der Waals surface area contributed by atoms with Crippen molar-refractivity contribution in [2.24, 2.45) is 0 Å². The molecule has 0 amide bonds. The number of rotatable bonds is 2. The minimum atomic E-state index is -4.49. The highest BCUT2D eigenvalue weighted by Crippen LogP contribution is 2.37. The Balaban J connectivity index is 2.16. The van der Waals surface area contributed by atoms with Gasteiger partial charge in [-0.3, -0.25) is 0 Å². The van der Waals surface area contributed by atoms with Crippen LogP contribution in [-0.2, 0) is 6.18 Å². The van der Waals surface area contributed by atoms with Gasteiger partial charge in [-0.2, -0.15) is 13.2 Å². The molecule has 0 fully saturated rings. The molecule has 120 valence electrons. The molecule has 0 aliphatic rings. The van der Waals surface area contributed by atoms with Crippen molar-refractivity contribution in [1.29, 1.82) is 0 Å². The van der Waals surface area contributed by atoms with E-state index < -0.39 is 17.8 Å². The molecule has 0 saturated carbocycles. The Kier molecular flexibility index (Phi) is 4.10. The highest BCUT2D eigenvalue weighted by Gasteiger charge is 2.35. The molecule has 0 aliphatic heterocycles. The molecule has 0 saturated heterocycles. The van der Waals surface area contributed by atoms with Crippen LogP contribution in [0.1, 0.15) is 24.1 Å². The fourth-order valence-electron chi connectivity index (χ4n) is 2.47. The minimum absolute atomic E-state index is 0.0412. The van der Waals surface area contributed by atoms with Crippen LogP contribution < -0.4 is 0 Å². The van der Waals surface area contributed by atoms with Crippen molar-refractivity contribution in [2.45, 2.75) is 19.1 Å². The van der Waals surface area contributed by atoms with Gasteiger partial charge in [-0.1, -0.05) is 38.8 Å². The van der Waals surface area contributed by atoms with Crippen molar-refractivity contribution in [3.05, 3.63) is 57.0 Å². The largest absolute Gasteiger partial charge is 0.416 e. The van der Waals surface area contributed by atoms with Crippen molar-refractivity contribution < 1.29 is 13.2 Å². The Hall–Kier alpha value is -1.60. The van der Waals surface area contributed by atoms with E-state index in [1.165, 1.54) is 16.8 Å². The smallest absolute Gasteiger partial charge is 0.237 e. The summed E-state index contributed by atoms with van der Waals surface area (Å²) in [5.74, 6) is 0. The molecule has 0 aliphatic carbocycles. The molecule has 2 aromatic carbocycles. The van der Waals surface area contributed by atoms with Crippen LogP contribution in [0.2, 0.25) is 5.02 Å². The molecule has 3 rings (SSSR count). The summed E-state index contributed by atoms with van der Waals surface area (Å²) in [6, 6.07) is 8.43. The van der Waals surface area contributed by atoms with Crippen LogP contribution >= 0.6 is 27.5 Å². The van der Waals surface area contributed by atoms with E-state index in [-0.39, 0.29) is 10.6 Å². The lowest BCUT2D eigenvalue weighted by atomic mass is 10.0. The molecule has 1 aromatic heterocycles. The lowest BCUT2D eigenvalue weighted by Crippen LogP contribution is -2.16. The normalized spacial score (nSPS) is 13.5. The maximum Gasteiger partial charge on any atom is 0.416 e. The van der Waals surface area contributed by atoms with Gasteiger partial charge in [0.15, 0.2) is 0 Å². The topological polar surface area (TPSA) is 30.7 Å². The number of hydrogen-bond donors (Lipinski definition) is 0. The summed E-state index contributed by atoms with van der Waals surface area (Å²) < 4.78 is 42.2. The number of nitrogens with zero attached hydrogens (tertiary/aromatic N) is 3. The summed E-state index contributed by atoms with van der Waals surface area (Å²) >= 11 is 9.07. The molecular weight excluding hydrogens is 395 g/mol. The van der Waals surface area contributed by atoms with Crippen molar-refractivity contribution in [2.75, 3.05) is 0 Å². The monoisotopic (exact) mass is 403 g/mol. The first kappa shape index (κ1) is 16.3. The van der Waals surface area contributed by atoms with E-state index in [2.05, 4.69) is 26.2 Å². The van der Waals surface area contributed by atoms with Gasteiger partial charge in [-0.15, -0.1) is 5.10 Å². The van der Waals surface area contributed by atoms with Gasteiger partial charge in [-0.05, 0) is 42.8 Å². The average molecular weight is 405 g/mol. The number of halogens is 5. The average Bonchev–Trinajstić information content (AvgIpc) is 2.88. The Morgan fingerprint density at radius 3 is 2.61 bits per heavy atom. The predicted molar refractivity (Wildman–Crippen MR) is 85.5 cm³/mol. The predicted octanol–water partition coefficient (Wildman–Crippen LogP) is 5.48. The molecule has 3 nitrogen and oxygen atoms in total. The number of benzene rings is 2. The second kappa shape index (κ2) is 5.79. The fraction of sp³-hybridized carbons (Fsp3) is 0.200. The highest BCUT2D eigenvalue weighted by atomic mass is 79.9. The summed E-state index contributed by atoms with van der Waals surface area (Å²) in [4.78, 5) is 0. The van der Waals surface area contributed by atoms with E-state index in [1.807, 2.05) is 0 Å². The van der Waals surface area contributed by atoms with E-state index in [4.69, 9.17) is 11.6 Å². The maximum absolute atomic E-state index is 13.3. The lowest BCUT2D eigenvalue weighted by molar-refractivity contribution is -0.138. The van der Waals surface area contributed by atoms with Crippen molar-refractivity contribution in [3.63, 3.8) is 0 Å². The SMILES string of the molecule is C[C@H](c1ccc(Cl)cc1C(F)(F)F)n1nnc2ccc(Br)cc21. The zero-order valence-corrected chi connectivity index (χ0v) is 14.1. The number of fused-ring (bicyclic) bond motifs is 1. The summed E-state index contributed by atoms with van der Waals surface area (Å²) in [6.07, 6.45) is -4.49. The molecule has 0 spiro atoms. The third-order valence-corrected chi connectivity index (χ3v) is 4.30. The summed E-state index contributed by atoms with van der Waals surface area (Å²) in [7, 11) is 0. The van der Waals surface area contributed by atoms with Gasteiger partial charge in [0.05, 0.1) is 17.1 Å². The number of aromatic nitrogens is 3. The van der Waals surface area contributed by atoms with Gasteiger partial charge >= 0.3 is 6.18 Å². The Bertz CT molecular complexity index is 876. The molecule has 1 heterocycles. The second-order valence-electron chi connectivity index (χ2n) is 5.07. The molecule has 3 aromatic rings. The fourth-order valence-corrected chi connectivity index (χ4v) is 2.99. The molecule has 0 bridgehead atoms. The van der Waals surface area contributed by atoms with Crippen LogP contribution in [0.5, 0.6) is 0 Å². The number of hydrogen-bond acceptors (Lipinski definition) is 2. The summed E-state index contributed by atoms with van der Waals surface area (Å²) in [5, 5.41) is 8.05. The minimum Gasteiger partial charge on any atom is -0.237 e. The molecule has 0 unspecified atom stereocenters. The quantitative estimate of drug-likeness (QED) is 0.566.